The summed E-state index contributed by atoms with van der Waals surface area (Å²) in [5.41, 5.74) is 0. The Kier molecular flexibility index (Phi) is 41.8. The number of phosphoric ester groups is 1. The molecule has 0 aromatic rings. The van der Waals surface area contributed by atoms with Gasteiger partial charge >= 0.3 is 13.8 Å². The normalized spacial score (nSPS) is 13.1. The zero-order valence-corrected chi connectivity index (χ0v) is 38.5. The topological polar surface area (TPSA) is 126 Å². The van der Waals surface area contributed by atoms with E-state index in [0.29, 0.717) is 12.8 Å². The molecule has 11 heteroatoms. The summed E-state index contributed by atoms with van der Waals surface area (Å²) < 4.78 is 39.5. The number of phosphoric acid groups is 1. The van der Waals surface area contributed by atoms with Gasteiger partial charge in [-0.15, -0.1) is 0 Å². The predicted octanol–water partition coefficient (Wildman–Crippen LogP) is 13.3. The Balaban J connectivity index is 4.46. The molecule has 2 atom stereocenters. The van der Waals surface area contributed by atoms with E-state index in [9.17, 15) is 18.9 Å². The first-order chi connectivity index (χ1) is 27.8. The van der Waals surface area contributed by atoms with Gasteiger partial charge in [0.25, 0.3) is 0 Å². The molecule has 0 spiro atoms. The molecular weight excluding hydrogens is 741 g/mol. The van der Waals surface area contributed by atoms with Crippen LogP contribution in [0.25, 0.3) is 0 Å². The quantitative estimate of drug-likeness (QED) is 0.0362. The Morgan fingerprint density at radius 2 is 0.930 bits per heavy atom. The number of unbranched alkanes of at least 4 members (excludes halogenated alkanes) is 28. The van der Waals surface area contributed by atoms with Crippen molar-refractivity contribution in [1.29, 1.82) is 0 Å². The van der Waals surface area contributed by atoms with Crippen LogP contribution in [0.1, 0.15) is 232 Å². The van der Waals surface area contributed by atoms with Gasteiger partial charge in [-0.3, -0.25) is 28.0 Å². The Labute approximate surface area is 350 Å². The molecule has 0 aromatic carbocycles. The molecule has 1 N–H and O–H groups in total. The Bertz CT molecular complexity index is 966. The lowest BCUT2D eigenvalue weighted by Gasteiger charge is -2.21. The third kappa shape index (κ3) is 39.9. The molecule has 0 heterocycles. The average Bonchev–Trinajstić information content (AvgIpc) is 3.20. The lowest BCUT2D eigenvalue weighted by Crippen LogP contribution is -2.30. The van der Waals surface area contributed by atoms with Crippen LogP contribution in [0.15, 0.2) is 0 Å². The van der Waals surface area contributed by atoms with Crippen molar-refractivity contribution in [2.45, 2.75) is 238 Å². The highest BCUT2D eigenvalue weighted by atomic mass is 31.2. The van der Waals surface area contributed by atoms with Crippen LogP contribution in [0, 0.1) is 0 Å². The maximum absolute atomic E-state index is 13.1. The van der Waals surface area contributed by atoms with Crippen molar-refractivity contribution in [3.05, 3.63) is 0 Å². The minimum Gasteiger partial charge on any atom is -0.460 e. The maximum atomic E-state index is 13.1. The number of methoxy groups -OCH3 is 1. The van der Waals surface area contributed by atoms with Crippen LogP contribution in [0.2, 0.25) is 0 Å². The summed E-state index contributed by atoms with van der Waals surface area (Å²) in [5.74, 6) is -0.544. The summed E-state index contributed by atoms with van der Waals surface area (Å²) >= 11 is 0. The highest BCUT2D eigenvalue weighted by Gasteiger charge is 2.28. The maximum Gasteiger partial charge on any atom is 0.474 e. The number of amides is 1. The molecule has 0 rings (SSSR count). The number of carbonyl (C=O) groups excluding carboxylic acids is 3. The van der Waals surface area contributed by atoms with E-state index in [4.69, 9.17) is 23.0 Å². The molecule has 10 nitrogen and oxygen atoms in total. The van der Waals surface area contributed by atoms with E-state index < -0.39 is 13.9 Å². The summed E-state index contributed by atoms with van der Waals surface area (Å²) in [5, 5.41) is 2.58. The van der Waals surface area contributed by atoms with Crippen molar-refractivity contribution >= 4 is 25.5 Å². The van der Waals surface area contributed by atoms with Gasteiger partial charge in [0.1, 0.15) is 18.5 Å². The van der Waals surface area contributed by atoms with Gasteiger partial charge < -0.3 is 14.8 Å². The minimum absolute atomic E-state index is 0.0877. The summed E-state index contributed by atoms with van der Waals surface area (Å²) in [6.45, 7) is 4.19. The van der Waals surface area contributed by atoms with Gasteiger partial charge in [0.05, 0.1) is 13.2 Å². The van der Waals surface area contributed by atoms with Crippen molar-refractivity contribution < 1.29 is 42.0 Å². The van der Waals surface area contributed by atoms with Crippen LogP contribution in [-0.4, -0.2) is 64.3 Å². The second kappa shape index (κ2) is 42.8. The van der Waals surface area contributed by atoms with Crippen LogP contribution in [0.4, 0.5) is 0 Å². The number of nitrogens with one attached hydrogen (secondary N) is 1. The molecular formula is C46H90NO9P. The van der Waals surface area contributed by atoms with E-state index in [2.05, 4.69) is 19.2 Å². The van der Waals surface area contributed by atoms with Crippen molar-refractivity contribution in [1.82, 2.24) is 5.32 Å². The number of hydrogen-bond acceptors (Lipinski definition) is 9. The summed E-state index contributed by atoms with van der Waals surface area (Å²) in [6.07, 6.45) is 38.5. The summed E-state index contributed by atoms with van der Waals surface area (Å²) in [7, 11) is -1.35. The molecule has 0 aliphatic carbocycles. The molecule has 0 bridgehead atoms. The van der Waals surface area contributed by atoms with E-state index in [1.807, 2.05) is 0 Å². The highest BCUT2D eigenvalue weighted by Crippen LogP contribution is 2.48. The van der Waals surface area contributed by atoms with E-state index in [0.717, 1.165) is 38.5 Å². The van der Waals surface area contributed by atoms with Crippen molar-refractivity contribution in [2.75, 3.05) is 40.6 Å². The molecule has 0 saturated heterocycles. The van der Waals surface area contributed by atoms with E-state index in [-0.39, 0.29) is 56.9 Å². The molecule has 338 valence electrons. The van der Waals surface area contributed by atoms with Gasteiger partial charge in [-0.25, -0.2) is 4.57 Å². The number of rotatable bonds is 46. The summed E-state index contributed by atoms with van der Waals surface area (Å²) in [4.78, 5) is 37.2. The first kappa shape index (κ1) is 55.7. The van der Waals surface area contributed by atoms with Crippen molar-refractivity contribution in [3.63, 3.8) is 0 Å². The molecule has 0 aromatic heterocycles. The van der Waals surface area contributed by atoms with Crippen LogP contribution in [0.5, 0.6) is 0 Å². The number of hydrogen-bond donors (Lipinski definition) is 1. The number of carbonyl (C=O) groups is 3. The first-order valence-corrected chi connectivity index (χ1v) is 25.2. The lowest BCUT2D eigenvalue weighted by molar-refractivity contribution is -0.152. The Hall–Kier alpha value is -1.32. The standard InChI is InChI=1S/C46H90NO9P/c1-5-7-9-11-13-15-17-19-21-23-25-27-29-31-33-35-43(48)37-38-44(41-55-57(51,53-4)54-40-39-47-45(49)42-52-3)56-46(50)36-34-32-30-28-26-24-22-20-18-16-14-12-10-8-6-2/h44H,5-42H2,1-4H3,(H,47,49). The van der Waals surface area contributed by atoms with Crippen molar-refractivity contribution in [2.24, 2.45) is 0 Å². The number of Topliss-reactive ketones (excluding diaryl/α,β-unsaturated/α-hetero) is 1. The first-order valence-electron chi connectivity index (χ1n) is 23.7. The largest absolute Gasteiger partial charge is 0.474 e. The molecule has 2 unspecified atom stereocenters. The molecule has 0 saturated carbocycles. The Morgan fingerprint density at radius 1 is 0.526 bits per heavy atom. The number of esters is 1. The van der Waals surface area contributed by atoms with Gasteiger partial charge in [0, 0.05) is 40.0 Å². The molecule has 57 heavy (non-hydrogen) atoms. The zero-order valence-electron chi connectivity index (χ0n) is 37.6. The van der Waals surface area contributed by atoms with Gasteiger partial charge in [0.15, 0.2) is 0 Å². The zero-order chi connectivity index (χ0) is 41.9. The molecule has 0 radical (unpaired) electrons. The molecule has 1 amide bonds. The van der Waals surface area contributed by atoms with Crippen LogP contribution in [0.3, 0.4) is 0 Å². The fourth-order valence-corrected chi connectivity index (χ4v) is 8.00. The Morgan fingerprint density at radius 3 is 1.33 bits per heavy atom. The third-order valence-electron chi connectivity index (χ3n) is 10.7. The smallest absolute Gasteiger partial charge is 0.460 e. The van der Waals surface area contributed by atoms with Gasteiger partial charge in [-0.2, -0.15) is 0 Å². The molecule has 0 fully saturated rings. The van der Waals surface area contributed by atoms with Gasteiger partial charge in [-0.05, 0) is 19.3 Å². The van der Waals surface area contributed by atoms with Gasteiger partial charge in [0.2, 0.25) is 5.91 Å². The van der Waals surface area contributed by atoms with E-state index >= 15 is 0 Å². The minimum atomic E-state index is -3.98. The fourth-order valence-electron chi connectivity index (χ4n) is 7.05. The van der Waals surface area contributed by atoms with Gasteiger partial charge in [-0.1, -0.05) is 194 Å². The van der Waals surface area contributed by atoms with Crippen LogP contribution < -0.4 is 5.32 Å². The predicted molar refractivity (Wildman–Crippen MR) is 235 cm³/mol. The second-order valence-electron chi connectivity index (χ2n) is 16.1. The highest BCUT2D eigenvalue weighted by molar-refractivity contribution is 7.48. The van der Waals surface area contributed by atoms with E-state index in [1.54, 1.807) is 0 Å². The monoisotopic (exact) mass is 832 g/mol. The second-order valence-corrected chi connectivity index (χ2v) is 17.9. The van der Waals surface area contributed by atoms with E-state index in [1.165, 1.54) is 168 Å². The molecule has 0 aliphatic rings. The lowest BCUT2D eigenvalue weighted by atomic mass is 10.0. The van der Waals surface area contributed by atoms with Crippen LogP contribution >= 0.6 is 7.82 Å². The fraction of sp³-hybridized carbons (Fsp3) is 0.935. The van der Waals surface area contributed by atoms with Crippen molar-refractivity contribution in [3.8, 4) is 0 Å². The number of ether oxygens (including phenoxy) is 2. The SMILES string of the molecule is CCCCCCCCCCCCCCCCCC(=O)CCC(COP(=O)(OC)OCCNC(=O)COC)OC(=O)CCCCCCCCCCCCCCCCC. The van der Waals surface area contributed by atoms with Crippen LogP contribution in [-0.2, 0) is 42.0 Å². The molecule has 0 aliphatic heterocycles. The average molecular weight is 832 g/mol. The number of ketones is 1. The summed E-state index contributed by atoms with van der Waals surface area (Å²) in [6, 6.07) is 0. The third-order valence-corrected chi connectivity index (χ3v) is 12.1.